The van der Waals surface area contributed by atoms with E-state index in [-0.39, 0.29) is 16.5 Å². The van der Waals surface area contributed by atoms with Gasteiger partial charge in [0, 0.05) is 29.0 Å². The Balaban J connectivity index is 2.24. The van der Waals surface area contributed by atoms with E-state index in [0.29, 0.717) is 29.9 Å². The van der Waals surface area contributed by atoms with E-state index in [2.05, 4.69) is 0 Å². The summed E-state index contributed by atoms with van der Waals surface area (Å²) in [5.41, 5.74) is 6.92. The monoisotopic (exact) mass is 336 g/mol. The molecule has 0 unspecified atom stereocenters. The molecule has 1 aliphatic heterocycles. The van der Waals surface area contributed by atoms with Crippen molar-refractivity contribution in [3.8, 4) is 27.7 Å². The second-order valence-corrected chi connectivity index (χ2v) is 5.54. The third-order valence-electron chi connectivity index (χ3n) is 3.42. The number of rotatable bonds is 3. The van der Waals surface area contributed by atoms with Crippen molar-refractivity contribution >= 4 is 23.1 Å². The third-order valence-corrected chi connectivity index (χ3v) is 4.25. The number of thiophene rings is 1. The smallest absolute Gasteiger partial charge is 0.410 e. The summed E-state index contributed by atoms with van der Waals surface area (Å²) in [6, 6.07) is 3.09. The van der Waals surface area contributed by atoms with Crippen LogP contribution in [-0.4, -0.2) is 24.7 Å². The van der Waals surface area contributed by atoms with Crippen molar-refractivity contribution in [2.45, 2.75) is 6.42 Å². The summed E-state index contributed by atoms with van der Waals surface area (Å²) in [4.78, 5) is 21.7. The first-order valence-electron chi connectivity index (χ1n) is 6.59. The topological polar surface area (TPSA) is 114 Å². The lowest BCUT2D eigenvalue weighted by atomic mass is 9.98. The number of nitro groups is 1. The average Bonchev–Trinajstić information content (AvgIpc) is 2.78. The molecule has 1 aromatic carbocycles. The van der Waals surface area contributed by atoms with Crippen molar-refractivity contribution in [3.63, 3.8) is 0 Å². The molecule has 1 amide bonds. The number of fused-ring (bicyclic) bond motifs is 3. The fourth-order valence-electron chi connectivity index (χ4n) is 2.53. The molecule has 23 heavy (non-hydrogen) atoms. The highest BCUT2D eigenvalue weighted by atomic mass is 32.1. The molecule has 0 saturated carbocycles. The molecule has 2 N–H and O–H groups in total. The Morgan fingerprint density at radius 1 is 1.48 bits per heavy atom. The number of primary amides is 1. The maximum atomic E-state index is 11.2. The van der Waals surface area contributed by atoms with E-state index in [1.54, 1.807) is 11.4 Å². The number of carbonyl (C=O) groups excluding carboxylic acids is 1. The minimum atomic E-state index is -0.950. The second-order valence-electron chi connectivity index (χ2n) is 4.69. The minimum Gasteiger partial charge on any atom is -0.490 e. The summed E-state index contributed by atoms with van der Waals surface area (Å²) in [5, 5.41) is 13.1. The van der Waals surface area contributed by atoms with Crippen molar-refractivity contribution in [1.29, 1.82) is 0 Å². The van der Waals surface area contributed by atoms with Crippen LogP contribution >= 0.6 is 11.3 Å². The number of benzene rings is 1. The number of nitrogens with zero attached hydrogens (tertiary/aromatic N) is 1. The first-order chi connectivity index (χ1) is 11.0. The van der Waals surface area contributed by atoms with E-state index in [1.165, 1.54) is 13.2 Å². The number of hydrogen-bond donors (Lipinski definition) is 1. The summed E-state index contributed by atoms with van der Waals surface area (Å²) in [5.74, 6) is 0.494. The van der Waals surface area contributed by atoms with Gasteiger partial charge < -0.3 is 19.9 Å². The van der Waals surface area contributed by atoms with Crippen molar-refractivity contribution in [3.05, 3.63) is 33.2 Å². The van der Waals surface area contributed by atoms with Crippen LogP contribution in [0.2, 0.25) is 0 Å². The lowest BCUT2D eigenvalue weighted by Gasteiger charge is -2.11. The van der Waals surface area contributed by atoms with Crippen LogP contribution in [0.4, 0.5) is 10.5 Å². The molecule has 2 aromatic rings. The van der Waals surface area contributed by atoms with Gasteiger partial charge in [0.05, 0.1) is 18.6 Å². The van der Waals surface area contributed by atoms with Crippen LogP contribution in [0.5, 0.6) is 16.6 Å². The molecule has 0 saturated heterocycles. The van der Waals surface area contributed by atoms with E-state index in [9.17, 15) is 14.9 Å². The quantitative estimate of drug-likeness (QED) is 0.681. The third kappa shape index (κ3) is 2.55. The highest BCUT2D eigenvalue weighted by molar-refractivity contribution is 7.12. The number of carbonyl (C=O) groups is 1. The Bertz CT molecular complexity index is 801. The van der Waals surface area contributed by atoms with Gasteiger partial charge in [-0.15, -0.1) is 11.3 Å². The van der Waals surface area contributed by atoms with E-state index in [0.717, 1.165) is 16.9 Å². The summed E-state index contributed by atoms with van der Waals surface area (Å²) in [6.07, 6.45) is -0.410. The van der Waals surface area contributed by atoms with Gasteiger partial charge in [-0.2, -0.15) is 0 Å². The van der Waals surface area contributed by atoms with Crippen LogP contribution in [0.15, 0.2) is 17.5 Å². The Morgan fingerprint density at radius 3 is 2.91 bits per heavy atom. The molecule has 0 atom stereocenters. The zero-order chi connectivity index (χ0) is 16.6. The van der Waals surface area contributed by atoms with E-state index < -0.39 is 11.0 Å². The van der Waals surface area contributed by atoms with Crippen molar-refractivity contribution in [2.24, 2.45) is 5.73 Å². The Kier molecular flexibility index (Phi) is 3.78. The van der Waals surface area contributed by atoms with E-state index in [4.69, 9.17) is 19.9 Å². The van der Waals surface area contributed by atoms with Gasteiger partial charge in [-0.05, 0) is 5.56 Å². The van der Waals surface area contributed by atoms with Gasteiger partial charge >= 0.3 is 11.8 Å². The lowest BCUT2D eigenvalue weighted by Crippen LogP contribution is -2.16. The van der Waals surface area contributed by atoms with Gasteiger partial charge in [0.1, 0.15) is 0 Å². The SMILES string of the molecule is COc1c([N+](=O)[O-])ccc2c1-c1csc(OC(N)=O)c1OCC2. The van der Waals surface area contributed by atoms with Crippen LogP contribution in [0, 0.1) is 10.1 Å². The van der Waals surface area contributed by atoms with Crippen molar-refractivity contribution < 1.29 is 23.9 Å². The molecule has 2 heterocycles. The zero-order valence-corrected chi connectivity index (χ0v) is 12.8. The first-order valence-corrected chi connectivity index (χ1v) is 7.47. The molecule has 0 fully saturated rings. The van der Waals surface area contributed by atoms with Crippen LogP contribution in [0.25, 0.3) is 11.1 Å². The van der Waals surface area contributed by atoms with E-state index in [1.807, 2.05) is 0 Å². The van der Waals surface area contributed by atoms with Crippen LogP contribution in [-0.2, 0) is 6.42 Å². The molecular weight excluding hydrogens is 324 g/mol. The van der Waals surface area contributed by atoms with Gasteiger partial charge in [0.2, 0.25) is 10.8 Å². The number of hydrogen-bond acceptors (Lipinski definition) is 7. The largest absolute Gasteiger partial charge is 0.490 e. The maximum absolute atomic E-state index is 11.2. The molecule has 3 rings (SSSR count). The molecule has 0 bridgehead atoms. The Morgan fingerprint density at radius 2 is 2.26 bits per heavy atom. The van der Waals surface area contributed by atoms with Gasteiger partial charge in [-0.3, -0.25) is 10.1 Å². The summed E-state index contributed by atoms with van der Waals surface area (Å²) >= 11 is 1.13. The fourth-order valence-corrected chi connectivity index (χ4v) is 3.39. The van der Waals surface area contributed by atoms with Crippen molar-refractivity contribution in [2.75, 3.05) is 13.7 Å². The summed E-state index contributed by atoms with van der Waals surface area (Å²) in [6.45, 7) is 0.340. The van der Waals surface area contributed by atoms with Gasteiger partial charge in [-0.1, -0.05) is 6.07 Å². The number of nitro benzene ring substituents is 1. The molecule has 9 heteroatoms. The number of nitrogens with two attached hydrogens (primary N) is 1. The standard InChI is InChI=1S/C14H12N2O6S/c1-20-12-9(16(18)19)3-2-7-4-5-21-11-8(10(7)12)6-23-13(11)22-14(15)17/h2-3,6H,4-5H2,1H3,(H2,15,17). The van der Waals surface area contributed by atoms with Crippen molar-refractivity contribution in [1.82, 2.24) is 0 Å². The minimum absolute atomic E-state index is 0.136. The van der Waals surface area contributed by atoms with Crippen LogP contribution < -0.4 is 19.9 Å². The molecule has 120 valence electrons. The van der Waals surface area contributed by atoms with Gasteiger partial charge in [0.25, 0.3) is 0 Å². The van der Waals surface area contributed by atoms with Crippen LogP contribution in [0.3, 0.4) is 0 Å². The molecule has 0 radical (unpaired) electrons. The zero-order valence-electron chi connectivity index (χ0n) is 12.0. The van der Waals surface area contributed by atoms with Gasteiger partial charge in [-0.25, -0.2) is 4.79 Å². The molecule has 8 nitrogen and oxygen atoms in total. The highest BCUT2D eigenvalue weighted by Crippen LogP contribution is 2.51. The molecule has 0 spiro atoms. The highest BCUT2D eigenvalue weighted by Gasteiger charge is 2.29. The maximum Gasteiger partial charge on any atom is 0.410 e. The molecule has 0 aliphatic carbocycles. The van der Waals surface area contributed by atoms with E-state index >= 15 is 0 Å². The normalized spacial score (nSPS) is 12.4. The van der Waals surface area contributed by atoms with Crippen LogP contribution in [0.1, 0.15) is 5.56 Å². The average molecular weight is 336 g/mol. The molecule has 1 aromatic heterocycles. The molecular formula is C14H12N2O6S. The van der Waals surface area contributed by atoms with Gasteiger partial charge in [0.15, 0.2) is 5.75 Å². The Labute approximate surface area is 134 Å². The second kappa shape index (κ2) is 5.76. The predicted molar refractivity (Wildman–Crippen MR) is 82.4 cm³/mol. The number of amides is 1. The summed E-state index contributed by atoms with van der Waals surface area (Å²) < 4.78 is 15.9. The summed E-state index contributed by atoms with van der Waals surface area (Å²) in [7, 11) is 1.38. The first kappa shape index (κ1) is 15.1. The lowest BCUT2D eigenvalue weighted by molar-refractivity contribution is -0.385. The number of ether oxygens (including phenoxy) is 3. The predicted octanol–water partition coefficient (Wildman–Crippen LogP) is 2.72. The number of methoxy groups -OCH3 is 1. The Hall–Kier alpha value is -2.81. The molecule has 1 aliphatic rings. The fraction of sp³-hybridized carbons (Fsp3) is 0.214.